The van der Waals surface area contributed by atoms with Crippen LogP contribution in [0, 0.1) is 6.92 Å². The van der Waals surface area contributed by atoms with Gasteiger partial charge in [0, 0.05) is 24.2 Å². The molecule has 1 aromatic heterocycles. The summed E-state index contributed by atoms with van der Waals surface area (Å²) in [4.78, 5) is 10.9. The number of hydrogen-bond acceptors (Lipinski definition) is 5. The third-order valence-corrected chi connectivity index (χ3v) is 3.92. The number of aromatic amines is 1. The second-order valence-electron chi connectivity index (χ2n) is 3.43. The largest absolute Gasteiger partial charge is 0.362 e. The third kappa shape index (κ3) is 4.67. The van der Waals surface area contributed by atoms with Crippen LogP contribution < -0.4 is 5.32 Å². The van der Waals surface area contributed by atoms with E-state index in [9.17, 15) is 8.42 Å². The van der Waals surface area contributed by atoms with Crippen molar-refractivity contribution in [2.24, 2.45) is 4.99 Å². The summed E-state index contributed by atoms with van der Waals surface area (Å²) in [6.45, 7) is 2.23. The van der Waals surface area contributed by atoms with E-state index in [4.69, 9.17) is 4.55 Å². The Balaban J connectivity index is 2.35. The van der Waals surface area contributed by atoms with E-state index in [2.05, 4.69) is 20.3 Å². The van der Waals surface area contributed by atoms with E-state index in [-0.39, 0.29) is 0 Å². The average Bonchev–Trinajstić information content (AvgIpc) is 2.67. The predicted octanol–water partition coefficient (Wildman–Crippen LogP) is 0.415. The van der Waals surface area contributed by atoms with E-state index < -0.39 is 15.3 Å². The lowest BCUT2D eigenvalue weighted by molar-refractivity contribution is 0.496. The van der Waals surface area contributed by atoms with Crippen molar-refractivity contribution < 1.29 is 13.0 Å². The van der Waals surface area contributed by atoms with Crippen molar-refractivity contribution in [3.63, 3.8) is 0 Å². The Labute approximate surface area is 110 Å². The molecular weight excluding hydrogens is 276 g/mol. The van der Waals surface area contributed by atoms with Crippen molar-refractivity contribution in [3.8, 4) is 0 Å². The molecule has 0 saturated heterocycles. The molecule has 0 aliphatic rings. The van der Waals surface area contributed by atoms with Crippen molar-refractivity contribution in [2.45, 2.75) is 12.7 Å². The van der Waals surface area contributed by atoms with Crippen LogP contribution in [0.1, 0.15) is 11.4 Å². The van der Waals surface area contributed by atoms with Gasteiger partial charge in [-0.25, -0.2) is 4.98 Å². The standard InChI is InChI=1S/C9H16N4O3S2/c1-7-8(13-6-12-7)5-17-4-3-11-9(10-2)18(14,15)16/h6H,3-5H2,1-2H3,(H,10,11)(H,12,13)(H,14,15,16). The zero-order valence-corrected chi connectivity index (χ0v) is 11.8. The van der Waals surface area contributed by atoms with Crippen LogP contribution in [-0.4, -0.2) is 47.5 Å². The number of amidine groups is 1. The molecule has 0 unspecified atom stereocenters. The monoisotopic (exact) mass is 292 g/mol. The highest BCUT2D eigenvalue weighted by molar-refractivity contribution is 8.01. The molecule has 0 aromatic carbocycles. The minimum Gasteiger partial charge on any atom is -0.362 e. The summed E-state index contributed by atoms with van der Waals surface area (Å²) in [6, 6.07) is 0. The molecular formula is C9H16N4O3S2. The van der Waals surface area contributed by atoms with Gasteiger partial charge in [-0.3, -0.25) is 9.55 Å². The predicted molar refractivity (Wildman–Crippen MR) is 72.4 cm³/mol. The zero-order valence-electron chi connectivity index (χ0n) is 10.2. The molecule has 0 fully saturated rings. The van der Waals surface area contributed by atoms with Crippen molar-refractivity contribution in [3.05, 3.63) is 17.7 Å². The summed E-state index contributed by atoms with van der Waals surface area (Å²) in [5.74, 6) is 1.42. The van der Waals surface area contributed by atoms with Crippen LogP contribution in [0.4, 0.5) is 0 Å². The molecule has 0 saturated carbocycles. The highest BCUT2D eigenvalue weighted by atomic mass is 32.2. The summed E-state index contributed by atoms with van der Waals surface area (Å²) in [5, 5.41) is 1.94. The maximum absolute atomic E-state index is 10.8. The summed E-state index contributed by atoms with van der Waals surface area (Å²) in [7, 11) is -2.84. The van der Waals surface area contributed by atoms with Crippen LogP contribution in [-0.2, 0) is 15.9 Å². The van der Waals surface area contributed by atoms with E-state index in [1.165, 1.54) is 7.05 Å². The maximum Gasteiger partial charge on any atom is 0.327 e. The number of H-pyrrole nitrogens is 1. The zero-order chi connectivity index (χ0) is 13.6. The molecule has 0 atom stereocenters. The number of rotatable bonds is 5. The molecule has 0 aliphatic heterocycles. The lowest BCUT2D eigenvalue weighted by Crippen LogP contribution is -2.28. The fraction of sp³-hybridized carbons (Fsp3) is 0.556. The first kappa shape index (κ1) is 15.0. The first-order valence-corrected chi connectivity index (χ1v) is 7.81. The molecule has 3 N–H and O–H groups in total. The molecule has 0 bridgehead atoms. The number of nitrogens with one attached hydrogen (secondary N) is 2. The molecule has 1 rings (SSSR count). The van der Waals surface area contributed by atoms with Gasteiger partial charge in [-0.1, -0.05) is 0 Å². The second-order valence-corrected chi connectivity index (χ2v) is 5.87. The number of imidazole rings is 1. The van der Waals surface area contributed by atoms with Gasteiger partial charge in [-0.2, -0.15) is 20.2 Å². The topological polar surface area (TPSA) is 107 Å². The fourth-order valence-corrected chi connectivity index (χ4v) is 2.58. The van der Waals surface area contributed by atoms with Crippen molar-refractivity contribution in [2.75, 3.05) is 19.3 Å². The summed E-state index contributed by atoms with van der Waals surface area (Å²) in [6.07, 6.45) is 1.64. The molecule has 0 amide bonds. The smallest absolute Gasteiger partial charge is 0.327 e. The molecule has 1 heterocycles. The van der Waals surface area contributed by atoms with E-state index in [1.807, 2.05) is 6.92 Å². The van der Waals surface area contributed by atoms with Crippen LogP contribution in [0.2, 0.25) is 0 Å². The maximum atomic E-state index is 10.8. The average molecular weight is 292 g/mol. The van der Waals surface area contributed by atoms with Gasteiger partial charge in [-0.15, -0.1) is 0 Å². The van der Waals surface area contributed by atoms with E-state index >= 15 is 0 Å². The Kier molecular flexibility index (Phi) is 5.63. The number of aromatic nitrogens is 2. The van der Waals surface area contributed by atoms with Gasteiger partial charge in [-0.05, 0) is 6.92 Å². The second kappa shape index (κ2) is 6.76. The lowest BCUT2D eigenvalue weighted by Gasteiger charge is -2.02. The Hall–Kier alpha value is -1.06. The Morgan fingerprint density at radius 1 is 1.67 bits per heavy atom. The van der Waals surface area contributed by atoms with Crippen LogP contribution in [0.3, 0.4) is 0 Å². The number of thioether (sulfide) groups is 1. The molecule has 102 valence electrons. The van der Waals surface area contributed by atoms with Gasteiger partial charge in [0.1, 0.15) is 0 Å². The van der Waals surface area contributed by atoms with Gasteiger partial charge in [0.15, 0.2) is 0 Å². The number of hydrogen-bond donors (Lipinski definition) is 3. The molecule has 1 aromatic rings. The summed E-state index contributed by atoms with van der Waals surface area (Å²) < 4.78 is 30.4. The summed E-state index contributed by atoms with van der Waals surface area (Å²) >= 11 is 1.61. The molecule has 0 spiro atoms. The minimum absolute atomic E-state index is 0.313. The lowest BCUT2D eigenvalue weighted by atomic mass is 10.4. The van der Waals surface area contributed by atoms with Crippen molar-refractivity contribution in [1.29, 1.82) is 0 Å². The number of nitrogens with zero attached hydrogens (tertiary/aromatic N) is 2. The highest BCUT2D eigenvalue weighted by Gasteiger charge is 2.12. The normalized spacial score (nSPS) is 12.7. The third-order valence-electron chi connectivity index (χ3n) is 2.13. The number of aliphatic imine (C=N–C) groups is 1. The minimum atomic E-state index is -4.24. The van der Waals surface area contributed by atoms with Gasteiger partial charge in [0.25, 0.3) is 0 Å². The van der Waals surface area contributed by atoms with Crippen molar-refractivity contribution in [1.82, 2.24) is 15.3 Å². The van der Waals surface area contributed by atoms with Crippen molar-refractivity contribution >= 4 is 27.0 Å². The van der Waals surface area contributed by atoms with Gasteiger partial charge >= 0.3 is 10.1 Å². The Bertz CT molecular complexity index is 510. The van der Waals surface area contributed by atoms with E-state index in [0.717, 1.165) is 17.1 Å². The van der Waals surface area contributed by atoms with Crippen LogP contribution in [0.15, 0.2) is 11.3 Å². The van der Waals surface area contributed by atoms with Gasteiger partial charge < -0.3 is 10.3 Å². The SMILES string of the molecule is CNC(=NCCSCc1[nH]cnc1C)S(=O)(=O)O. The molecule has 0 aliphatic carbocycles. The Morgan fingerprint density at radius 2 is 2.39 bits per heavy atom. The van der Waals surface area contributed by atoms with Crippen LogP contribution in [0.25, 0.3) is 0 Å². The highest BCUT2D eigenvalue weighted by Crippen LogP contribution is 2.12. The van der Waals surface area contributed by atoms with Gasteiger partial charge in [0.2, 0.25) is 5.17 Å². The quantitative estimate of drug-likeness (QED) is 0.314. The molecule has 0 radical (unpaired) electrons. The van der Waals surface area contributed by atoms with E-state index in [1.54, 1.807) is 18.1 Å². The first-order chi connectivity index (χ1) is 8.45. The van der Waals surface area contributed by atoms with Crippen LogP contribution >= 0.6 is 11.8 Å². The molecule has 7 nitrogen and oxygen atoms in total. The molecule has 18 heavy (non-hydrogen) atoms. The summed E-state index contributed by atoms with van der Waals surface area (Å²) in [5.41, 5.74) is 2.01. The van der Waals surface area contributed by atoms with Crippen LogP contribution in [0.5, 0.6) is 0 Å². The Morgan fingerprint density at radius 3 is 2.89 bits per heavy atom. The first-order valence-electron chi connectivity index (χ1n) is 5.21. The molecule has 9 heteroatoms. The van der Waals surface area contributed by atoms with E-state index in [0.29, 0.717) is 12.3 Å². The number of aryl methyl sites for hydroxylation is 1. The fourth-order valence-electron chi connectivity index (χ4n) is 1.21. The van der Waals surface area contributed by atoms with Gasteiger partial charge in [0.05, 0.1) is 18.6 Å².